The molecule has 1 N–H and O–H groups in total. The molecular formula is C17H16N6O. The first-order chi connectivity index (χ1) is 11.6. The van der Waals surface area contributed by atoms with Crippen LogP contribution in [0.1, 0.15) is 5.89 Å². The number of nitrogens with zero attached hydrogens (tertiary/aromatic N) is 5. The van der Waals surface area contributed by atoms with Gasteiger partial charge >= 0.3 is 0 Å². The number of aromatic amines is 1. The van der Waals surface area contributed by atoms with Gasteiger partial charge in [0.25, 0.3) is 0 Å². The lowest BCUT2D eigenvalue weighted by Gasteiger charge is -2.10. The fourth-order valence-corrected chi connectivity index (χ4v) is 2.64. The lowest BCUT2D eigenvalue weighted by molar-refractivity contribution is 0.394. The zero-order valence-electron chi connectivity index (χ0n) is 13.6. The Morgan fingerprint density at radius 1 is 1.12 bits per heavy atom. The average Bonchev–Trinajstić information content (AvgIpc) is 3.20. The molecule has 0 aromatic carbocycles. The van der Waals surface area contributed by atoms with E-state index in [9.17, 15) is 0 Å². The maximum atomic E-state index is 5.05. The quantitative estimate of drug-likeness (QED) is 0.624. The molecule has 4 heterocycles. The van der Waals surface area contributed by atoms with E-state index in [0.29, 0.717) is 11.7 Å². The standard InChI is InChI=1S/C17H16N6O/c1-10-21-17(22-24-10)11-4-5-18-13(6-11)14-7-12-15(8-19-14)20-9-16(12)23(2)3/h4-9,20H,1-3H3. The maximum absolute atomic E-state index is 5.05. The van der Waals surface area contributed by atoms with E-state index >= 15 is 0 Å². The minimum absolute atomic E-state index is 0.533. The molecule has 4 aromatic heterocycles. The number of fused-ring (bicyclic) bond motifs is 1. The van der Waals surface area contributed by atoms with Crippen LogP contribution in [-0.2, 0) is 0 Å². The summed E-state index contributed by atoms with van der Waals surface area (Å²) in [6.45, 7) is 1.77. The van der Waals surface area contributed by atoms with Crippen LogP contribution in [0.25, 0.3) is 33.7 Å². The minimum atomic E-state index is 0.533. The maximum Gasteiger partial charge on any atom is 0.223 e. The van der Waals surface area contributed by atoms with Crippen LogP contribution in [0.15, 0.2) is 41.3 Å². The van der Waals surface area contributed by atoms with Crippen LogP contribution in [0.5, 0.6) is 0 Å². The number of hydrogen-bond donors (Lipinski definition) is 1. The molecule has 7 heteroatoms. The molecule has 0 bridgehead atoms. The molecule has 120 valence electrons. The number of rotatable bonds is 3. The van der Waals surface area contributed by atoms with Crippen LogP contribution >= 0.6 is 0 Å². The van der Waals surface area contributed by atoms with Crippen LogP contribution in [0.4, 0.5) is 5.69 Å². The van der Waals surface area contributed by atoms with Crippen molar-refractivity contribution in [1.82, 2.24) is 25.1 Å². The summed E-state index contributed by atoms with van der Waals surface area (Å²) >= 11 is 0. The molecule has 0 unspecified atom stereocenters. The molecular weight excluding hydrogens is 304 g/mol. The molecule has 0 aliphatic rings. The van der Waals surface area contributed by atoms with Crippen molar-refractivity contribution < 1.29 is 4.52 Å². The predicted octanol–water partition coefficient (Wildman–Crippen LogP) is 3.05. The molecule has 0 aliphatic heterocycles. The lowest BCUT2D eigenvalue weighted by atomic mass is 10.1. The topological polar surface area (TPSA) is 83.7 Å². The molecule has 0 radical (unpaired) electrons. The molecule has 4 aromatic rings. The second-order valence-corrected chi connectivity index (χ2v) is 5.75. The van der Waals surface area contributed by atoms with E-state index in [-0.39, 0.29) is 0 Å². The molecule has 0 saturated carbocycles. The van der Waals surface area contributed by atoms with Crippen molar-refractivity contribution in [3.05, 3.63) is 42.7 Å². The highest BCUT2D eigenvalue weighted by atomic mass is 16.5. The smallest absolute Gasteiger partial charge is 0.223 e. The van der Waals surface area contributed by atoms with Gasteiger partial charge in [0.15, 0.2) is 0 Å². The third kappa shape index (κ3) is 2.40. The van der Waals surface area contributed by atoms with Gasteiger partial charge in [-0.1, -0.05) is 5.16 Å². The molecule has 24 heavy (non-hydrogen) atoms. The number of nitrogens with one attached hydrogen (secondary N) is 1. The second-order valence-electron chi connectivity index (χ2n) is 5.75. The number of aryl methyl sites for hydroxylation is 1. The van der Waals surface area contributed by atoms with E-state index in [1.54, 1.807) is 13.1 Å². The summed E-state index contributed by atoms with van der Waals surface area (Å²) in [6.07, 6.45) is 5.53. The largest absolute Gasteiger partial charge is 0.376 e. The van der Waals surface area contributed by atoms with Crippen molar-refractivity contribution in [2.75, 3.05) is 19.0 Å². The van der Waals surface area contributed by atoms with Crippen molar-refractivity contribution in [2.24, 2.45) is 0 Å². The Hall–Kier alpha value is -3.22. The molecule has 0 spiro atoms. The van der Waals surface area contributed by atoms with Crippen molar-refractivity contribution in [1.29, 1.82) is 0 Å². The van der Waals surface area contributed by atoms with Crippen LogP contribution in [-0.4, -0.2) is 39.2 Å². The summed E-state index contributed by atoms with van der Waals surface area (Å²) in [6, 6.07) is 5.81. The van der Waals surface area contributed by atoms with Crippen molar-refractivity contribution in [3.8, 4) is 22.8 Å². The highest BCUT2D eigenvalue weighted by Gasteiger charge is 2.11. The van der Waals surface area contributed by atoms with E-state index in [0.717, 1.165) is 33.5 Å². The van der Waals surface area contributed by atoms with Crippen molar-refractivity contribution in [3.63, 3.8) is 0 Å². The fraction of sp³-hybridized carbons (Fsp3) is 0.176. The number of anilines is 1. The zero-order chi connectivity index (χ0) is 16.7. The van der Waals surface area contributed by atoms with Gasteiger partial charge in [0, 0.05) is 44.4 Å². The van der Waals surface area contributed by atoms with E-state index < -0.39 is 0 Å². The van der Waals surface area contributed by atoms with Gasteiger partial charge in [0.05, 0.1) is 28.8 Å². The average molecular weight is 320 g/mol. The molecule has 0 atom stereocenters. The van der Waals surface area contributed by atoms with Gasteiger partial charge in [-0.3, -0.25) is 9.97 Å². The molecule has 0 saturated heterocycles. The Labute approximate surface area is 138 Å². The normalized spacial score (nSPS) is 11.1. The van der Waals surface area contributed by atoms with Crippen LogP contribution in [0.3, 0.4) is 0 Å². The number of aromatic nitrogens is 5. The summed E-state index contributed by atoms with van der Waals surface area (Å²) in [5.41, 5.74) is 4.52. The SMILES string of the molecule is Cc1nc(-c2ccnc(-c3cc4c(N(C)C)c[nH]c4cn3)c2)no1. The van der Waals surface area contributed by atoms with Crippen LogP contribution in [0.2, 0.25) is 0 Å². The van der Waals surface area contributed by atoms with Crippen LogP contribution in [0, 0.1) is 6.92 Å². The predicted molar refractivity (Wildman–Crippen MR) is 91.7 cm³/mol. The number of hydrogen-bond acceptors (Lipinski definition) is 6. The first kappa shape index (κ1) is 14.4. The summed E-state index contributed by atoms with van der Waals surface area (Å²) < 4.78 is 5.05. The molecule has 4 rings (SSSR count). The summed E-state index contributed by atoms with van der Waals surface area (Å²) in [5.74, 6) is 1.08. The van der Waals surface area contributed by atoms with Gasteiger partial charge < -0.3 is 14.4 Å². The van der Waals surface area contributed by atoms with Crippen LogP contribution < -0.4 is 4.90 Å². The van der Waals surface area contributed by atoms with E-state index in [2.05, 4.69) is 30.0 Å². The van der Waals surface area contributed by atoms with E-state index in [4.69, 9.17) is 4.52 Å². The highest BCUT2D eigenvalue weighted by molar-refractivity contribution is 5.94. The Bertz CT molecular complexity index is 1020. The van der Waals surface area contributed by atoms with Gasteiger partial charge in [0.1, 0.15) is 0 Å². The minimum Gasteiger partial charge on any atom is -0.376 e. The van der Waals surface area contributed by atoms with Gasteiger partial charge in [-0.05, 0) is 18.2 Å². The first-order valence-electron chi connectivity index (χ1n) is 7.53. The number of H-pyrrole nitrogens is 1. The summed E-state index contributed by atoms with van der Waals surface area (Å²) in [5, 5.41) is 5.06. The zero-order valence-corrected chi connectivity index (χ0v) is 13.6. The Morgan fingerprint density at radius 2 is 1.96 bits per heavy atom. The van der Waals surface area contributed by atoms with Gasteiger partial charge in [-0.2, -0.15) is 4.98 Å². The highest BCUT2D eigenvalue weighted by Crippen LogP contribution is 2.29. The number of pyridine rings is 2. The van der Waals surface area contributed by atoms with Gasteiger partial charge in [-0.15, -0.1) is 0 Å². The molecule has 0 aliphatic carbocycles. The summed E-state index contributed by atoms with van der Waals surface area (Å²) in [4.78, 5) is 18.5. The first-order valence-corrected chi connectivity index (χ1v) is 7.53. The van der Waals surface area contributed by atoms with Crippen molar-refractivity contribution in [2.45, 2.75) is 6.92 Å². The molecule has 0 amide bonds. The Balaban J connectivity index is 1.81. The van der Waals surface area contributed by atoms with E-state index in [1.165, 1.54) is 0 Å². The summed E-state index contributed by atoms with van der Waals surface area (Å²) in [7, 11) is 4.03. The fourth-order valence-electron chi connectivity index (χ4n) is 2.64. The van der Waals surface area contributed by atoms with Gasteiger partial charge in [-0.25, -0.2) is 0 Å². The Morgan fingerprint density at radius 3 is 2.71 bits per heavy atom. The Kier molecular flexibility index (Phi) is 3.26. The monoisotopic (exact) mass is 320 g/mol. The van der Waals surface area contributed by atoms with Crippen molar-refractivity contribution >= 4 is 16.6 Å². The second kappa shape index (κ2) is 5.45. The third-order valence-corrected chi connectivity index (χ3v) is 3.83. The molecule has 0 fully saturated rings. The third-order valence-electron chi connectivity index (χ3n) is 3.83. The van der Waals surface area contributed by atoms with E-state index in [1.807, 2.05) is 44.7 Å². The molecule has 7 nitrogen and oxygen atoms in total. The van der Waals surface area contributed by atoms with Gasteiger partial charge in [0.2, 0.25) is 11.7 Å². The lowest BCUT2D eigenvalue weighted by Crippen LogP contribution is -2.07.